The minimum Gasteiger partial charge on any atom is -0.295 e. The predicted octanol–water partition coefficient (Wildman–Crippen LogP) is 3.68. The number of ketones is 1. The van der Waals surface area contributed by atoms with Crippen LogP contribution in [0.4, 0.5) is 0 Å². The molecule has 0 aromatic heterocycles. The fraction of sp³-hybridized carbons (Fsp3) is 0.222. The van der Waals surface area contributed by atoms with Gasteiger partial charge in [-0.2, -0.15) is 0 Å². The molecule has 0 aliphatic carbocycles. The van der Waals surface area contributed by atoms with E-state index in [0.717, 1.165) is 0 Å². The molecule has 1 aromatic carbocycles. The number of Topliss-reactive ketones (excluding diaryl/α,β-unsaturated/α-hetero) is 1. The second-order valence-corrected chi connectivity index (χ2v) is 4.72. The van der Waals surface area contributed by atoms with Crippen LogP contribution in [0.5, 0.6) is 0 Å². The maximum Gasteiger partial charge on any atom is 0.159 e. The van der Waals surface area contributed by atoms with Gasteiger partial charge in [0, 0.05) is 5.56 Å². The first-order chi connectivity index (χ1) is 7.59. The summed E-state index contributed by atoms with van der Waals surface area (Å²) >= 11 is 5.82. The van der Waals surface area contributed by atoms with E-state index in [1.807, 2.05) is 0 Å². The van der Waals surface area contributed by atoms with E-state index in [0.29, 0.717) is 0 Å². The van der Waals surface area contributed by atoms with Crippen LogP contribution >= 0.6 is 31.9 Å². The van der Waals surface area contributed by atoms with Gasteiger partial charge < -0.3 is 0 Å². The Bertz CT molecular complexity index is 466. The summed E-state index contributed by atoms with van der Waals surface area (Å²) in [5.41, 5.74) is -0.412. The Balaban J connectivity index is 3.77. The Morgan fingerprint density at radius 1 is 1.50 bits per heavy atom. The first-order valence-electron chi connectivity index (χ1n) is 5.58. The maximum absolute atomic E-state index is 11.3. The molecule has 0 aliphatic heterocycles. The van der Waals surface area contributed by atoms with E-state index in [1.54, 1.807) is 0 Å². The average molecular weight is 297 g/mol. The van der Waals surface area contributed by atoms with Crippen LogP contribution in [0.2, 0.25) is 0 Å². The smallest absolute Gasteiger partial charge is 0.159 e. The highest BCUT2D eigenvalue weighted by Crippen LogP contribution is 2.28. The lowest BCUT2D eigenvalue weighted by Gasteiger charge is -2.01. The zero-order valence-electron chi connectivity index (χ0n) is 11.2. The normalized spacial score (nSPS) is 17.1. The van der Waals surface area contributed by atoms with Crippen LogP contribution < -0.4 is 0 Å². The predicted molar refractivity (Wildman–Crippen MR) is 57.0 cm³/mol. The Hall–Kier alpha value is -0.150. The van der Waals surface area contributed by atoms with Crippen LogP contribution in [-0.2, 0) is 0 Å². The van der Waals surface area contributed by atoms with Crippen LogP contribution in [-0.4, -0.2) is 5.78 Å². The Kier molecular flexibility index (Phi) is 1.72. The molecule has 64 valence electrons. The van der Waals surface area contributed by atoms with E-state index in [9.17, 15) is 4.79 Å². The van der Waals surface area contributed by atoms with Crippen LogP contribution in [0.25, 0.3) is 0 Å². The number of hydrogen-bond donors (Lipinski definition) is 0. The van der Waals surface area contributed by atoms with Gasteiger partial charge in [-0.05, 0) is 12.5 Å². The third kappa shape index (κ3) is 2.42. The average Bonchev–Trinajstić information content (AvgIpc) is 2.12. The van der Waals surface area contributed by atoms with E-state index in [2.05, 4.69) is 31.9 Å². The number of carbonyl (C=O) groups excluding carboxylic acids is 1. The number of benzene rings is 1. The minimum atomic E-state index is -1.62. The topological polar surface area (TPSA) is 17.1 Å². The number of halogens is 2. The van der Waals surface area contributed by atoms with Gasteiger partial charge in [0.1, 0.15) is 0 Å². The summed E-state index contributed by atoms with van der Waals surface area (Å²) in [7, 11) is 0. The molecule has 0 saturated carbocycles. The third-order valence-corrected chi connectivity index (χ3v) is 1.96. The molecule has 0 amide bonds. The minimum absolute atomic E-state index is 0.155. The fourth-order valence-corrected chi connectivity index (χ4v) is 0.980. The molecular weight excluding hydrogens is 284 g/mol. The van der Waals surface area contributed by atoms with Gasteiger partial charge in [-0.15, -0.1) is 0 Å². The number of rotatable bonds is 2. The Morgan fingerprint density at radius 3 is 2.33 bits per heavy atom. The van der Waals surface area contributed by atoms with Gasteiger partial charge in [0.15, 0.2) is 5.78 Å². The summed E-state index contributed by atoms with van der Waals surface area (Å²) in [6, 6.07) is -1.66. The summed E-state index contributed by atoms with van der Waals surface area (Å²) in [5.74, 6) is -0.534. The zero-order chi connectivity index (χ0) is 13.5. The van der Waals surface area contributed by atoms with E-state index in [-0.39, 0.29) is 11.1 Å². The lowest BCUT2D eigenvalue weighted by Crippen LogP contribution is -1.91. The molecule has 1 nitrogen and oxygen atoms in total. The molecule has 0 radical (unpaired) electrons. The van der Waals surface area contributed by atoms with Gasteiger partial charge in [-0.25, -0.2) is 0 Å². The highest BCUT2D eigenvalue weighted by atomic mass is 79.9. The molecule has 0 aliphatic rings. The second kappa shape index (κ2) is 4.19. The lowest BCUT2D eigenvalue weighted by atomic mass is 10.1. The molecule has 0 spiro atoms. The number of carbonyl (C=O) groups is 1. The van der Waals surface area contributed by atoms with Crippen molar-refractivity contribution in [3.63, 3.8) is 0 Å². The van der Waals surface area contributed by atoms with E-state index in [1.165, 1.54) is 6.92 Å². The molecule has 12 heavy (non-hydrogen) atoms. The molecule has 1 aromatic rings. The van der Waals surface area contributed by atoms with Crippen molar-refractivity contribution in [2.45, 2.75) is 10.6 Å². The molecule has 0 bridgehead atoms. The van der Waals surface area contributed by atoms with Crippen molar-refractivity contribution in [1.82, 2.24) is 0 Å². The third-order valence-electron chi connectivity index (χ3n) is 1.17. The van der Waals surface area contributed by atoms with E-state index < -0.39 is 33.7 Å². The standard InChI is InChI=1S/C9H8Br2O/c1-6(12)7-2-4-8(5-3-7)9(10)11/h2-5,9H,1H3/i2D,3D,4D,5D,9D. The quantitative estimate of drug-likeness (QED) is 0.601. The molecule has 0 unspecified atom stereocenters. The van der Waals surface area contributed by atoms with Crippen molar-refractivity contribution < 1.29 is 11.6 Å². The van der Waals surface area contributed by atoms with Crippen molar-refractivity contribution in [3.8, 4) is 0 Å². The first-order valence-corrected chi connectivity index (χ1v) is 4.67. The van der Waals surface area contributed by atoms with Gasteiger partial charge in [-0.1, -0.05) is 56.0 Å². The highest BCUT2D eigenvalue weighted by Gasteiger charge is 2.03. The molecule has 1 rings (SSSR count). The Morgan fingerprint density at radius 2 is 2.00 bits per heavy atom. The Labute approximate surface area is 95.4 Å². The van der Waals surface area contributed by atoms with Gasteiger partial charge in [-0.3, -0.25) is 4.79 Å². The molecule has 0 atom stereocenters. The van der Waals surface area contributed by atoms with Crippen molar-refractivity contribution in [1.29, 1.82) is 0 Å². The van der Waals surface area contributed by atoms with Crippen molar-refractivity contribution in [2.75, 3.05) is 0 Å². The summed E-state index contributed by atoms with van der Waals surface area (Å²) in [4.78, 5) is 11.3. The number of alkyl halides is 2. The summed E-state index contributed by atoms with van der Waals surface area (Å²) in [6.45, 7) is 1.18. The van der Waals surface area contributed by atoms with Gasteiger partial charge in [0.25, 0.3) is 0 Å². The molecule has 3 heteroatoms. The van der Waals surface area contributed by atoms with E-state index >= 15 is 0 Å². The van der Waals surface area contributed by atoms with Crippen LogP contribution in [0, 0.1) is 0 Å². The SMILES string of the molecule is [2H]c1c([2H])c(C([2H])(Br)Br)c([2H])c([2H])c1C(C)=O. The van der Waals surface area contributed by atoms with Gasteiger partial charge >= 0.3 is 0 Å². The maximum atomic E-state index is 11.3. The van der Waals surface area contributed by atoms with Crippen LogP contribution in [0.15, 0.2) is 24.2 Å². The van der Waals surface area contributed by atoms with Crippen LogP contribution in [0.1, 0.15) is 33.4 Å². The highest BCUT2D eigenvalue weighted by molar-refractivity contribution is 9.24. The first kappa shape index (κ1) is 4.91. The van der Waals surface area contributed by atoms with Crippen molar-refractivity contribution in [2.24, 2.45) is 0 Å². The molecule has 0 saturated heterocycles. The monoisotopic (exact) mass is 295 g/mol. The molecule has 0 N–H and O–H groups in total. The van der Waals surface area contributed by atoms with Crippen molar-refractivity contribution in [3.05, 3.63) is 35.3 Å². The number of hydrogen-bond acceptors (Lipinski definition) is 1. The summed E-state index contributed by atoms with van der Waals surface area (Å²) in [6.07, 6.45) is 0. The van der Waals surface area contributed by atoms with E-state index in [4.69, 9.17) is 6.85 Å². The molecular formula is C9H8Br2O. The van der Waals surface area contributed by atoms with Gasteiger partial charge in [0.2, 0.25) is 0 Å². The van der Waals surface area contributed by atoms with Gasteiger partial charge in [0.05, 0.1) is 10.6 Å². The van der Waals surface area contributed by atoms with Crippen LogP contribution in [0.3, 0.4) is 0 Å². The molecule has 0 heterocycles. The fourth-order valence-electron chi connectivity index (χ4n) is 0.583. The zero-order valence-corrected chi connectivity index (χ0v) is 9.34. The van der Waals surface area contributed by atoms with Crippen molar-refractivity contribution >= 4 is 37.6 Å². The second-order valence-electron chi connectivity index (χ2n) is 2.07. The summed E-state index contributed by atoms with van der Waals surface area (Å²) in [5, 5.41) is 0. The largest absolute Gasteiger partial charge is 0.295 e. The lowest BCUT2D eigenvalue weighted by molar-refractivity contribution is 0.101. The summed E-state index contributed by atoms with van der Waals surface area (Å²) < 4.78 is 36.7. The molecule has 0 fully saturated rings.